The molecule has 7 rings (SSSR count). The predicted molar refractivity (Wildman–Crippen MR) is 74.2 cm³/mol. The molecule has 6 saturated carbocycles. The molecule has 0 amide bonds. The molecule has 0 N–H and O–H groups in total. The minimum atomic E-state index is -0.243. The molecule has 0 aromatic rings. The first-order valence-corrected chi connectivity index (χ1v) is 8.22. The summed E-state index contributed by atoms with van der Waals surface area (Å²) in [6.07, 6.45) is 0. The van der Waals surface area contributed by atoms with Crippen LogP contribution < -0.4 is 0 Å². The Labute approximate surface area is 125 Å². The maximum Gasteiger partial charge on any atom is 0.465 e. The van der Waals surface area contributed by atoms with Crippen LogP contribution in [0, 0.1) is 40.9 Å². The molecule has 0 aromatic carbocycles. The second-order valence-electron chi connectivity index (χ2n) is 9.17. The second-order valence-corrected chi connectivity index (χ2v) is 9.17. The largest absolute Gasteiger partial charge is 0.469 e. The van der Waals surface area contributed by atoms with Crippen LogP contribution in [0.5, 0.6) is 0 Å². The fourth-order valence-electron chi connectivity index (χ4n) is 7.71. The Morgan fingerprint density at radius 3 is 1.71 bits per heavy atom. The van der Waals surface area contributed by atoms with Gasteiger partial charge in [0.2, 0.25) is 0 Å². The zero-order chi connectivity index (χ0) is 14.7. The summed E-state index contributed by atoms with van der Waals surface area (Å²) in [4.78, 5) is 12.1. The Kier molecular flexibility index (Phi) is 1.48. The van der Waals surface area contributed by atoms with Crippen LogP contribution in [0.15, 0.2) is 0 Å². The Morgan fingerprint density at radius 1 is 0.905 bits per heavy atom. The SMILES string of the molecule is COC(=O)C12C3C4C1C1C2C3C41B1OC(C)(C)C(C)(C)O1. The van der Waals surface area contributed by atoms with Crippen LogP contribution in [0.25, 0.3) is 0 Å². The Hall–Kier alpha value is -0.545. The number of hydrogen-bond acceptors (Lipinski definition) is 4. The van der Waals surface area contributed by atoms with E-state index < -0.39 is 0 Å². The van der Waals surface area contributed by atoms with Crippen LogP contribution in [0.4, 0.5) is 0 Å². The van der Waals surface area contributed by atoms with Gasteiger partial charge in [-0.2, -0.15) is 0 Å². The van der Waals surface area contributed by atoms with Crippen molar-refractivity contribution in [2.75, 3.05) is 7.11 Å². The number of esters is 1. The molecule has 0 bridgehead atoms. The van der Waals surface area contributed by atoms with E-state index in [1.54, 1.807) is 0 Å². The molecule has 21 heavy (non-hydrogen) atoms. The quantitative estimate of drug-likeness (QED) is 0.573. The summed E-state index contributed by atoms with van der Waals surface area (Å²) < 4.78 is 17.8. The number of rotatable bonds is 2. The van der Waals surface area contributed by atoms with Crippen LogP contribution in [0.1, 0.15) is 27.7 Å². The summed E-state index contributed by atoms with van der Waals surface area (Å²) in [5.41, 5.74) is -0.542. The lowest BCUT2D eigenvalue weighted by atomic mass is 8.88. The molecule has 7 aliphatic rings. The summed E-state index contributed by atoms with van der Waals surface area (Å²) in [5.74, 6) is 3.84. The molecule has 1 saturated heterocycles. The standard InChI is InChI=1S/C16H21BO4/c1-13(2)14(3,4)21-17(20-13)16-9-6-10(16)8-11(16)7(9)15(6,8)12(18)19-5/h6-11H,1-5H3. The number of hydrogen-bond donors (Lipinski definition) is 0. The van der Waals surface area contributed by atoms with Crippen LogP contribution in [0.2, 0.25) is 5.31 Å². The zero-order valence-electron chi connectivity index (χ0n) is 13.2. The van der Waals surface area contributed by atoms with Crippen molar-refractivity contribution in [3.63, 3.8) is 0 Å². The van der Waals surface area contributed by atoms with Crippen molar-refractivity contribution in [1.29, 1.82) is 0 Å². The molecule has 112 valence electrons. The summed E-state index contributed by atoms with van der Waals surface area (Å²) in [6, 6.07) is 0. The smallest absolute Gasteiger partial charge is 0.465 e. The first-order valence-electron chi connectivity index (χ1n) is 8.22. The molecule has 0 aromatic heterocycles. The van der Waals surface area contributed by atoms with Gasteiger partial charge in [-0.1, -0.05) is 0 Å². The van der Waals surface area contributed by atoms with Gasteiger partial charge in [0.25, 0.3) is 0 Å². The molecule has 1 aliphatic heterocycles. The molecule has 7 fully saturated rings. The number of carbonyl (C=O) groups is 1. The molecular weight excluding hydrogens is 267 g/mol. The molecule has 0 atom stereocenters. The molecule has 5 heteroatoms. The summed E-state index contributed by atoms with van der Waals surface area (Å²) >= 11 is 0. The fraction of sp³-hybridized carbons (Fsp3) is 0.938. The van der Waals surface area contributed by atoms with Gasteiger partial charge < -0.3 is 14.0 Å². The highest BCUT2D eigenvalue weighted by atomic mass is 16.7. The van der Waals surface area contributed by atoms with Gasteiger partial charge in [-0.05, 0) is 63.2 Å². The molecule has 1 heterocycles. The Balaban J connectivity index is 1.32. The minimum Gasteiger partial charge on any atom is -0.469 e. The van der Waals surface area contributed by atoms with Crippen molar-refractivity contribution < 1.29 is 18.8 Å². The summed E-state index contributed by atoms with van der Waals surface area (Å²) in [5, 5.41) is 0.265. The van der Waals surface area contributed by atoms with Crippen LogP contribution in [-0.2, 0) is 18.8 Å². The average molecular weight is 288 g/mol. The lowest BCUT2D eigenvalue weighted by Gasteiger charge is -3.10. The van der Waals surface area contributed by atoms with Crippen molar-refractivity contribution in [1.82, 2.24) is 0 Å². The molecule has 0 radical (unpaired) electrons. The van der Waals surface area contributed by atoms with Gasteiger partial charge in [-0.25, -0.2) is 0 Å². The van der Waals surface area contributed by atoms with Gasteiger partial charge in [-0.15, -0.1) is 0 Å². The Morgan fingerprint density at radius 2 is 1.33 bits per heavy atom. The molecular formula is C16H21BO4. The number of methoxy groups -OCH3 is 1. The van der Waals surface area contributed by atoms with E-state index in [2.05, 4.69) is 27.7 Å². The summed E-state index contributed by atoms with van der Waals surface area (Å²) in [7, 11) is 1.48. The predicted octanol–water partition coefficient (Wildman–Crippen LogP) is 1.74. The highest BCUT2D eigenvalue weighted by Crippen LogP contribution is 3.14. The van der Waals surface area contributed by atoms with Crippen molar-refractivity contribution in [2.45, 2.75) is 44.2 Å². The first-order chi connectivity index (χ1) is 9.78. The van der Waals surface area contributed by atoms with Gasteiger partial charge in [0, 0.05) is 5.31 Å². The third-order valence-corrected chi connectivity index (χ3v) is 8.91. The van der Waals surface area contributed by atoms with E-state index in [4.69, 9.17) is 14.0 Å². The Bertz CT molecular complexity index is 554. The van der Waals surface area contributed by atoms with Gasteiger partial charge in [0.15, 0.2) is 0 Å². The lowest BCUT2D eigenvalue weighted by molar-refractivity contribution is -0.592. The third kappa shape index (κ3) is 0.693. The van der Waals surface area contributed by atoms with E-state index >= 15 is 0 Å². The number of carbonyl (C=O) groups excluding carboxylic acids is 1. The van der Waals surface area contributed by atoms with Crippen molar-refractivity contribution in [3.05, 3.63) is 0 Å². The highest BCUT2D eigenvalue weighted by molar-refractivity contribution is 6.52. The van der Waals surface area contributed by atoms with Gasteiger partial charge >= 0.3 is 13.1 Å². The van der Waals surface area contributed by atoms with Crippen LogP contribution in [0.3, 0.4) is 0 Å². The average Bonchev–Trinajstić information content (AvgIpc) is 2.66. The van der Waals surface area contributed by atoms with E-state index in [0.29, 0.717) is 35.5 Å². The maximum atomic E-state index is 12.1. The monoisotopic (exact) mass is 288 g/mol. The van der Waals surface area contributed by atoms with Crippen molar-refractivity contribution >= 4 is 13.1 Å². The topological polar surface area (TPSA) is 44.8 Å². The van der Waals surface area contributed by atoms with Crippen molar-refractivity contribution in [2.24, 2.45) is 40.9 Å². The van der Waals surface area contributed by atoms with E-state index in [9.17, 15) is 4.79 Å². The minimum absolute atomic E-state index is 0.0535. The number of ether oxygens (including phenoxy) is 1. The fourth-order valence-corrected chi connectivity index (χ4v) is 7.71. The van der Waals surface area contributed by atoms with Crippen LogP contribution >= 0.6 is 0 Å². The highest BCUT2D eigenvalue weighted by Gasteiger charge is 3.13. The molecule has 6 aliphatic carbocycles. The molecule has 0 spiro atoms. The third-order valence-electron chi connectivity index (χ3n) is 8.91. The van der Waals surface area contributed by atoms with Crippen LogP contribution in [-0.4, -0.2) is 31.4 Å². The van der Waals surface area contributed by atoms with E-state index in [1.807, 2.05) is 0 Å². The van der Waals surface area contributed by atoms with E-state index in [1.165, 1.54) is 7.11 Å². The van der Waals surface area contributed by atoms with Gasteiger partial charge in [0.1, 0.15) is 0 Å². The van der Waals surface area contributed by atoms with Crippen molar-refractivity contribution in [3.8, 4) is 0 Å². The normalized spacial score (nSPS) is 64.3. The van der Waals surface area contributed by atoms with E-state index in [-0.39, 0.29) is 35.0 Å². The van der Waals surface area contributed by atoms with Gasteiger partial charge in [-0.3, -0.25) is 4.79 Å². The maximum absolute atomic E-state index is 12.1. The van der Waals surface area contributed by atoms with E-state index in [0.717, 1.165) is 0 Å². The first kappa shape index (κ1) is 11.9. The summed E-state index contributed by atoms with van der Waals surface area (Å²) in [6.45, 7) is 8.52. The molecule has 4 nitrogen and oxygen atoms in total. The molecule has 0 unspecified atom stereocenters. The second kappa shape index (κ2) is 2.60. The lowest BCUT2D eigenvalue weighted by Crippen LogP contribution is -3.10. The van der Waals surface area contributed by atoms with Gasteiger partial charge in [0.05, 0.1) is 23.7 Å². The zero-order valence-corrected chi connectivity index (χ0v) is 13.2.